The van der Waals surface area contributed by atoms with Gasteiger partial charge in [0, 0.05) is 34.4 Å². The van der Waals surface area contributed by atoms with E-state index in [2.05, 4.69) is 15.6 Å². The smallest absolute Gasteiger partial charge is 0.380 e. The van der Waals surface area contributed by atoms with Gasteiger partial charge >= 0.3 is 6.18 Å². The van der Waals surface area contributed by atoms with Crippen LogP contribution in [0.5, 0.6) is 0 Å². The Kier molecular flexibility index (Phi) is 3.32. The summed E-state index contributed by atoms with van der Waals surface area (Å²) in [5.74, 6) is -0.134. The Labute approximate surface area is 122 Å². The Balaban J connectivity index is 1.74. The number of aromatic nitrogens is 1. The van der Waals surface area contributed by atoms with E-state index in [1.165, 1.54) is 6.20 Å². The Bertz CT molecular complexity index is 696. The van der Waals surface area contributed by atoms with Gasteiger partial charge in [0.15, 0.2) is 5.01 Å². The van der Waals surface area contributed by atoms with Crippen molar-refractivity contribution in [3.8, 4) is 0 Å². The summed E-state index contributed by atoms with van der Waals surface area (Å²) in [4.78, 5) is 15.4. The lowest BCUT2D eigenvalue weighted by Gasteiger charge is -2.08. The molecule has 3 rings (SSSR count). The molecule has 2 N–H and O–H groups in total. The minimum absolute atomic E-state index is 0.134. The molecule has 2 heterocycles. The fraction of sp³-hybridized carbons (Fsp3) is 0.231. The van der Waals surface area contributed by atoms with E-state index in [4.69, 9.17) is 0 Å². The number of nitrogens with one attached hydrogen (secondary N) is 2. The predicted molar refractivity (Wildman–Crippen MR) is 72.1 cm³/mol. The van der Waals surface area contributed by atoms with Crippen molar-refractivity contribution in [3.05, 3.63) is 45.4 Å². The van der Waals surface area contributed by atoms with Crippen molar-refractivity contribution in [1.82, 2.24) is 10.3 Å². The van der Waals surface area contributed by atoms with Crippen molar-refractivity contribution in [2.75, 3.05) is 5.32 Å². The molecule has 0 radical (unpaired) electrons. The van der Waals surface area contributed by atoms with Crippen molar-refractivity contribution in [2.24, 2.45) is 0 Å². The van der Waals surface area contributed by atoms with Crippen LogP contribution < -0.4 is 10.6 Å². The number of benzene rings is 1. The summed E-state index contributed by atoms with van der Waals surface area (Å²) in [6.45, 7) is 0.659. The molecule has 2 aromatic rings. The zero-order valence-corrected chi connectivity index (χ0v) is 11.4. The molecule has 1 aromatic heterocycles. The number of amides is 1. The van der Waals surface area contributed by atoms with Gasteiger partial charge in [-0.25, -0.2) is 4.98 Å². The predicted octanol–water partition coefficient (Wildman–Crippen LogP) is 3.02. The van der Waals surface area contributed by atoms with Gasteiger partial charge in [0.25, 0.3) is 5.91 Å². The molecule has 0 aliphatic carbocycles. The topological polar surface area (TPSA) is 54.0 Å². The highest BCUT2D eigenvalue weighted by Gasteiger charge is 2.34. The molecule has 1 aliphatic rings. The van der Waals surface area contributed by atoms with E-state index in [9.17, 15) is 18.0 Å². The first-order valence-electron chi connectivity index (χ1n) is 6.11. The van der Waals surface area contributed by atoms with Crippen molar-refractivity contribution < 1.29 is 18.0 Å². The zero-order chi connectivity index (χ0) is 15.0. The Morgan fingerprint density at radius 2 is 2.19 bits per heavy atom. The third kappa shape index (κ3) is 2.71. The summed E-state index contributed by atoms with van der Waals surface area (Å²) in [6.07, 6.45) is -3.19. The molecule has 110 valence electrons. The molecule has 8 heteroatoms. The van der Waals surface area contributed by atoms with Crippen LogP contribution in [-0.4, -0.2) is 10.9 Å². The van der Waals surface area contributed by atoms with Crippen LogP contribution in [0.1, 0.15) is 25.8 Å². The maximum Gasteiger partial charge on any atom is 0.443 e. The summed E-state index contributed by atoms with van der Waals surface area (Å²) in [5, 5.41) is 4.92. The van der Waals surface area contributed by atoms with Gasteiger partial charge in [0.2, 0.25) is 0 Å². The lowest BCUT2D eigenvalue weighted by Crippen LogP contribution is -2.12. The molecule has 0 unspecified atom stereocenters. The van der Waals surface area contributed by atoms with Crippen LogP contribution in [0.25, 0.3) is 0 Å². The molecule has 0 saturated carbocycles. The monoisotopic (exact) mass is 313 g/mol. The Morgan fingerprint density at radius 3 is 2.90 bits per heavy atom. The van der Waals surface area contributed by atoms with Crippen LogP contribution in [0.15, 0.2) is 24.4 Å². The lowest BCUT2D eigenvalue weighted by atomic mass is 10.1. The SMILES string of the molecule is O=C1NCc2c(NCc3cnc(C(F)(F)F)s3)cccc21. The normalized spacial score (nSPS) is 14.0. The number of carbonyl (C=O) groups is 1. The first-order valence-corrected chi connectivity index (χ1v) is 6.92. The largest absolute Gasteiger partial charge is 0.443 e. The molecule has 1 aliphatic heterocycles. The van der Waals surface area contributed by atoms with E-state index in [-0.39, 0.29) is 12.5 Å². The lowest BCUT2D eigenvalue weighted by molar-refractivity contribution is -0.137. The number of alkyl halides is 3. The molecule has 0 bridgehead atoms. The first kappa shape index (κ1) is 13.9. The van der Waals surface area contributed by atoms with Crippen LogP contribution in [-0.2, 0) is 19.3 Å². The summed E-state index contributed by atoms with van der Waals surface area (Å²) in [5.41, 5.74) is 2.18. The van der Waals surface area contributed by atoms with Crippen LogP contribution in [0, 0.1) is 0 Å². The standard InChI is InChI=1S/C13H10F3N3OS/c14-13(15,16)12-19-5-7(21-12)4-17-10-3-1-2-8-9(10)6-18-11(8)20/h1-3,5,17H,4,6H2,(H,18,20). The number of halogens is 3. The molecule has 0 spiro atoms. The third-order valence-corrected chi connectivity index (χ3v) is 4.14. The van der Waals surface area contributed by atoms with E-state index in [1.54, 1.807) is 18.2 Å². The van der Waals surface area contributed by atoms with Gasteiger partial charge in [-0.05, 0) is 12.1 Å². The first-order chi connectivity index (χ1) is 9.95. The van der Waals surface area contributed by atoms with Gasteiger partial charge in [-0.1, -0.05) is 6.07 Å². The number of carbonyl (C=O) groups excluding carboxylic acids is 1. The second-order valence-corrected chi connectivity index (χ2v) is 5.61. The van der Waals surface area contributed by atoms with E-state index in [0.717, 1.165) is 11.3 Å². The quantitative estimate of drug-likeness (QED) is 0.916. The van der Waals surface area contributed by atoms with Crippen LogP contribution in [0.4, 0.5) is 18.9 Å². The highest BCUT2D eigenvalue weighted by atomic mass is 32.1. The summed E-state index contributed by atoms with van der Waals surface area (Å²) < 4.78 is 37.4. The second-order valence-electron chi connectivity index (χ2n) is 4.50. The van der Waals surface area contributed by atoms with Crippen LogP contribution >= 0.6 is 11.3 Å². The van der Waals surface area contributed by atoms with Gasteiger partial charge in [0.1, 0.15) is 0 Å². The number of anilines is 1. The number of thiazole rings is 1. The fourth-order valence-corrected chi connectivity index (χ4v) is 2.84. The second kappa shape index (κ2) is 5.03. The van der Waals surface area contributed by atoms with E-state index in [0.29, 0.717) is 28.3 Å². The molecular formula is C13H10F3N3OS. The number of rotatable bonds is 3. The minimum atomic E-state index is -4.41. The summed E-state index contributed by atoms with van der Waals surface area (Å²) in [6, 6.07) is 5.25. The number of fused-ring (bicyclic) bond motifs is 1. The summed E-state index contributed by atoms with van der Waals surface area (Å²) in [7, 11) is 0. The maximum atomic E-state index is 12.5. The average molecular weight is 313 g/mol. The number of hydrogen-bond acceptors (Lipinski definition) is 4. The van der Waals surface area contributed by atoms with Gasteiger partial charge < -0.3 is 10.6 Å². The van der Waals surface area contributed by atoms with Crippen LogP contribution in [0.2, 0.25) is 0 Å². The number of hydrogen-bond donors (Lipinski definition) is 2. The van der Waals surface area contributed by atoms with Crippen molar-refractivity contribution >= 4 is 22.9 Å². The van der Waals surface area contributed by atoms with Gasteiger partial charge in [-0.15, -0.1) is 11.3 Å². The molecule has 1 amide bonds. The zero-order valence-electron chi connectivity index (χ0n) is 10.6. The third-order valence-electron chi connectivity index (χ3n) is 3.10. The fourth-order valence-electron chi connectivity index (χ4n) is 2.12. The van der Waals surface area contributed by atoms with E-state index < -0.39 is 11.2 Å². The van der Waals surface area contributed by atoms with Crippen molar-refractivity contribution in [1.29, 1.82) is 0 Å². The Hall–Kier alpha value is -2.09. The van der Waals surface area contributed by atoms with Gasteiger partial charge in [-0.3, -0.25) is 4.79 Å². The highest BCUT2D eigenvalue weighted by molar-refractivity contribution is 7.11. The molecule has 0 saturated heterocycles. The molecule has 1 aromatic carbocycles. The number of nitrogens with zero attached hydrogens (tertiary/aromatic N) is 1. The van der Waals surface area contributed by atoms with E-state index in [1.807, 2.05) is 0 Å². The molecular weight excluding hydrogens is 303 g/mol. The highest BCUT2D eigenvalue weighted by Crippen LogP contribution is 2.33. The minimum Gasteiger partial charge on any atom is -0.380 e. The summed E-state index contributed by atoms with van der Waals surface area (Å²) >= 11 is 0.612. The van der Waals surface area contributed by atoms with Gasteiger partial charge in [-0.2, -0.15) is 13.2 Å². The van der Waals surface area contributed by atoms with E-state index >= 15 is 0 Å². The van der Waals surface area contributed by atoms with Crippen molar-refractivity contribution in [3.63, 3.8) is 0 Å². The van der Waals surface area contributed by atoms with Crippen molar-refractivity contribution in [2.45, 2.75) is 19.3 Å². The molecule has 21 heavy (non-hydrogen) atoms. The Morgan fingerprint density at radius 1 is 1.38 bits per heavy atom. The maximum absolute atomic E-state index is 12.5. The molecule has 0 fully saturated rings. The average Bonchev–Trinajstić information content (AvgIpc) is 3.04. The van der Waals surface area contributed by atoms with Gasteiger partial charge in [0.05, 0.1) is 6.54 Å². The molecule has 4 nitrogen and oxygen atoms in total. The molecule has 0 atom stereocenters. The van der Waals surface area contributed by atoms with Crippen LogP contribution in [0.3, 0.4) is 0 Å².